The minimum Gasteiger partial charge on any atom is -0.372 e. The molecule has 1 aliphatic heterocycles. The molecule has 0 bridgehead atoms. The third-order valence-electron chi connectivity index (χ3n) is 5.77. The van der Waals surface area contributed by atoms with Gasteiger partial charge in [0.1, 0.15) is 16.5 Å². The minimum absolute atomic E-state index is 0.0225. The lowest BCUT2D eigenvalue weighted by molar-refractivity contribution is -0.0587. The Morgan fingerprint density at radius 3 is 2.64 bits per heavy atom. The van der Waals surface area contributed by atoms with E-state index in [1.165, 1.54) is 11.3 Å². The topological polar surface area (TPSA) is 73.1 Å². The van der Waals surface area contributed by atoms with E-state index in [9.17, 15) is 4.79 Å². The summed E-state index contributed by atoms with van der Waals surface area (Å²) in [5.74, 6) is 1.37. The highest BCUT2D eigenvalue weighted by atomic mass is 35.5. The van der Waals surface area contributed by atoms with E-state index in [1.807, 2.05) is 71.2 Å². The van der Waals surface area contributed by atoms with E-state index in [0.29, 0.717) is 36.0 Å². The summed E-state index contributed by atoms with van der Waals surface area (Å²) in [6, 6.07) is 17.9. The minimum atomic E-state index is -0.0447. The van der Waals surface area contributed by atoms with Crippen LogP contribution in [0.5, 0.6) is 0 Å². The normalized spacial score (nSPS) is 17.9. The van der Waals surface area contributed by atoms with Crippen molar-refractivity contribution in [3.8, 4) is 5.69 Å². The lowest BCUT2D eigenvalue weighted by Gasteiger charge is -2.34. The summed E-state index contributed by atoms with van der Waals surface area (Å²) >= 11 is 9.33. The number of benzene rings is 2. The molecule has 0 spiro atoms. The molecule has 0 N–H and O–H groups in total. The molecule has 0 saturated carbocycles. The molecule has 1 saturated heterocycles. The number of rotatable bonds is 7. The first-order valence-corrected chi connectivity index (χ1v) is 14.0. The Balaban J connectivity index is 1.34. The zero-order valence-electron chi connectivity index (χ0n) is 20.0. The first kappa shape index (κ1) is 25.0. The fraction of sp³-hybridized carbons (Fsp3) is 0.308. The van der Waals surface area contributed by atoms with Gasteiger partial charge in [0, 0.05) is 29.9 Å². The van der Waals surface area contributed by atoms with Crippen molar-refractivity contribution >= 4 is 40.6 Å². The van der Waals surface area contributed by atoms with Crippen LogP contribution in [0.25, 0.3) is 5.69 Å². The molecule has 36 heavy (non-hydrogen) atoms. The van der Waals surface area contributed by atoms with Gasteiger partial charge in [-0.05, 0) is 37.6 Å². The van der Waals surface area contributed by atoms with Crippen molar-refractivity contribution in [1.29, 1.82) is 0 Å². The number of morpholine rings is 1. The molecule has 5 rings (SSSR count). The van der Waals surface area contributed by atoms with Crippen LogP contribution in [0.2, 0.25) is 5.02 Å². The molecule has 0 aliphatic carbocycles. The standard InChI is InChI=1S/C26H26ClN5O2S2/c1-17-13-31(14-18(2)34-17)25(33)22-15-35-24(28-22)16-36-26-30-29-23(11-19-7-4-3-5-8-19)32(26)21-10-6-9-20(27)12-21/h3-10,12,15,17-18H,11,13-14,16H2,1-2H3. The number of thioether (sulfide) groups is 1. The summed E-state index contributed by atoms with van der Waals surface area (Å²) in [4.78, 5) is 19.5. The van der Waals surface area contributed by atoms with Crippen molar-refractivity contribution in [2.75, 3.05) is 13.1 Å². The highest BCUT2D eigenvalue weighted by molar-refractivity contribution is 7.98. The molecule has 1 amide bonds. The molecule has 0 radical (unpaired) electrons. The molecule has 1 fully saturated rings. The third kappa shape index (κ3) is 5.81. The van der Waals surface area contributed by atoms with Crippen LogP contribution in [0.15, 0.2) is 65.1 Å². The quantitative estimate of drug-likeness (QED) is 0.288. The van der Waals surface area contributed by atoms with E-state index in [-0.39, 0.29) is 18.1 Å². The van der Waals surface area contributed by atoms with E-state index in [4.69, 9.17) is 16.3 Å². The Morgan fingerprint density at radius 1 is 1.11 bits per heavy atom. The second-order valence-corrected chi connectivity index (χ2v) is 11.1. The van der Waals surface area contributed by atoms with Crippen molar-refractivity contribution in [3.63, 3.8) is 0 Å². The van der Waals surface area contributed by atoms with Gasteiger partial charge >= 0.3 is 0 Å². The average Bonchev–Trinajstić information content (AvgIpc) is 3.49. The van der Waals surface area contributed by atoms with E-state index in [0.717, 1.165) is 27.2 Å². The van der Waals surface area contributed by atoms with E-state index in [2.05, 4.69) is 27.3 Å². The van der Waals surface area contributed by atoms with Gasteiger partial charge in [0.2, 0.25) is 0 Å². The molecule has 4 aromatic rings. The Bertz CT molecular complexity index is 1330. The summed E-state index contributed by atoms with van der Waals surface area (Å²) in [5, 5.41) is 13.1. The molecule has 2 unspecified atom stereocenters. The molecule has 1 aliphatic rings. The maximum absolute atomic E-state index is 13.0. The second kappa shape index (κ2) is 11.1. The fourth-order valence-corrected chi connectivity index (χ4v) is 6.21. The van der Waals surface area contributed by atoms with Gasteiger partial charge in [0.25, 0.3) is 5.91 Å². The van der Waals surface area contributed by atoms with Gasteiger partial charge < -0.3 is 9.64 Å². The second-order valence-electron chi connectivity index (χ2n) is 8.76. The first-order valence-electron chi connectivity index (χ1n) is 11.7. The van der Waals surface area contributed by atoms with Crippen molar-refractivity contribution in [2.45, 2.75) is 43.4 Å². The third-order valence-corrected chi connectivity index (χ3v) is 7.98. The highest BCUT2D eigenvalue weighted by Crippen LogP contribution is 2.29. The Morgan fingerprint density at radius 2 is 1.89 bits per heavy atom. The number of carbonyl (C=O) groups excluding carboxylic acids is 1. The van der Waals surface area contributed by atoms with E-state index in [1.54, 1.807) is 11.8 Å². The molecule has 7 nitrogen and oxygen atoms in total. The smallest absolute Gasteiger partial charge is 0.273 e. The number of ether oxygens (including phenoxy) is 1. The number of aromatic nitrogens is 4. The number of carbonyl (C=O) groups is 1. The SMILES string of the molecule is CC1CN(C(=O)c2csc(CSc3nnc(Cc4ccccc4)n3-c3cccc(Cl)c3)n2)CC(C)O1. The van der Waals surface area contributed by atoms with Crippen LogP contribution in [-0.4, -0.2) is 55.9 Å². The van der Waals surface area contributed by atoms with Crippen LogP contribution in [0.3, 0.4) is 0 Å². The molecular formula is C26H26ClN5O2S2. The molecular weight excluding hydrogens is 514 g/mol. The van der Waals surface area contributed by atoms with Crippen LogP contribution >= 0.6 is 34.7 Å². The van der Waals surface area contributed by atoms with Gasteiger partial charge in [0.15, 0.2) is 5.16 Å². The lowest BCUT2D eigenvalue weighted by Crippen LogP contribution is -2.48. The van der Waals surface area contributed by atoms with Gasteiger partial charge in [-0.15, -0.1) is 21.5 Å². The molecule has 186 valence electrons. The Hall–Kier alpha value is -2.72. The van der Waals surface area contributed by atoms with Gasteiger partial charge in [-0.3, -0.25) is 9.36 Å². The van der Waals surface area contributed by atoms with Crippen molar-refractivity contribution in [2.24, 2.45) is 0 Å². The van der Waals surface area contributed by atoms with E-state index < -0.39 is 0 Å². The van der Waals surface area contributed by atoms with Crippen LogP contribution < -0.4 is 0 Å². The first-order chi connectivity index (χ1) is 17.5. The maximum Gasteiger partial charge on any atom is 0.273 e. The predicted octanol–water partition coefficient (Wildman–Crippen LogP) is 5.51. The number of halogens is 1. The summed E-state index contributed by atoms with van der Waals surface area (Å²) in [6.45, 7) is 5.14. The number of amides is 1. The van der Waals surface area contributed by atoms with Crippen LogP contribution in [0, 0.1) is 0 Å². The number of nitrogens with zero attached hydrogens (tertiary/aromatic N) is 5. The summed E-state index contributed by atoms with van der Waals surface area (Å²) in [7, 11) is 0. The van der Waals surface area contributed by atoms with Crippen LogP contribution in [0.4, 0.5) is 0 Å². The molecule has 3 heterocycles. The van der Waals surface area contributed by atoms with Gasteiger partial charge in [-0.1, -0.05) is 59.8 Å². The Labute approximate surface area is 223 Å². The monoisotopic (exact) mass is 539 g/mol. The van der Waals surface area contributed by atoms with Gasteiger partial charge in [-0.2, -0.15) is 0 Å². The largest absolute Gasteiger partial charge is 0.372 e. The Kier molecular flexibility index (Phi) is 7.71. The van der Waals surface area contributed by atoms with Crippen molar-refractivity contribution < 1.29 is 9.53 Å². The van der Waals surface area contributed by atoms with Crippen LogP contribution in [0.1, 0.15) is 40.7 Å². The number of hydrogen-bond acceptors (Lipinski definition) is 7. The molecule has 2 aromatic carbocycles. The van der Waals surface area contributed by atoms with E-state index >= 15 is 0 Å². The predicted molar refractivity (Wildman–Crippen MR) is 143 cm³/mol. The zero-order valence-corrected chi connectivity index (χ0v) is 22.4. The lowest BCUT2D eigenvalue weighted by atomic mass is 10.1. The molecule has 2 atom stereocenters. The fourth-order valence-electron chi connectivity index (χ4n) is 4.27. The number of hydrogen-bond donors (Lipinski definition) is 0. The zero-order chi connectivity index (χ0) is 25.1. The van der Waals surface area contributed by atoms with Crippen molar-refractivity contribution in [3.05, 3.63) is 87.1 Å². The average molecular weight is 540 g/mol. The molecule has 10 heteroatoms. The summed E-state index contributed by atoms with van der Waals surface area (Å²) in [6.07, 6.45) is 0.691. The van der Waals surface area contributed by atoms with Gasteiger partial charge in [0.05, 0.1) is 23.6 Å². The van der Waals surface area contributed by atoms with Crippen molar-refractivity contribution in [1.82, 2.24) is 24.6 Å². The number of thiazole rings is 1. The summed E-state index contributed by atoms with van der Waals surface area (Å²) < 4.78 is 7.79. The molecule has 2 aromatic heterocycles. The van der Waals surface area contributed by atoms with Gasteiger partial charge in [-0.25, -0.2) is 4.98 Å². The maximum atomic E-state index is 13.0. The highest BCUT2D eigenvalue weighted by Gasteiger charge is 2.28. The van der Waals surface area contributed by atoms with Crippen LogP contribution in [-0.2, 0) is 16.9 Å². The summed E-state index contributed by atoms with van der Waals surface area (Å²) in [5.41, 5.74) is 2.55.